The van der Waals surface area contributed by atoms with Gasteiger partial charge < -0.3 is 15.5 Å². The van der Waals surface area contributed by atoms with Crippen molar-refractivity contribution in [3.63, 3.8) is 0 Å². The maximum absolute atomic E-state index is 12.8. The Morgan fingerprint density at radius 3 is 2.92 bits per heavy atom. The third-order valence-corrected chi connectivity index (χ3v) is 4.83. The van der Waals surface area contributed by atoms with Gasteiger partial charge in [0.25, 0.3) is 11.8 Å². The first kappa shape index (κ1) is 16.5. The summed E-state index contributed by atoms with van der Waals surface area (Å²) in [6.45, 7) is 0.269. The summed E-state index contributed by atoms with van der Waals surface area (Å²) in [4.78, 5) is 43.1. The first-order chi connectivity index (χ1) is 12.5. The van der Waals surface area contributed by atoms with E-state index in [1.165, 1.54) is 11.1 Å². The van der Waals surface area contributed by atoms with Crippen LogP contribution in [0.3, 0.4) is 0 Å². The van der Waals surface area contributed by atoms with Crippen LogP contribution in [-0.2, 0) is 4.79 Å². The quantitative estimate of drug-likeness (QED) is 0.841. The zero-order valence-corrected chi connectivity index (χ0v) is 14.4. The topological polar surface area (TPSA) is 91.4 Å². The monoisotopic (exact) mass is 370 g/mol. The second kappa shape index (κ2) is 6.42. The number of hydrogen-bond acceptors (Lipinski definition) is 4. The number of rotatable bonds is 2. The maximum Gasteiger partial charge on any atom is 0.256 e. The number of amides is 3. The van der Waals surface area contributed by atoms with Crippen molar-refractivity contribution in [1.82, 2.24) is 15.2 Å². The van der Waals surface area contributed by atoms with Crippen molar-refractivity contribution in [3.8, 4) is 0 Å². The molecule has 0 unspecified atom stereocenters. The molecule has 1 saturated heterocycles. The van der Waals surface area contributed by atoms with Gasteiger partial charge in [0.1, 0.15) is 6.04 Å². The second-order valence-electron chi connectivity index (χ2n) is 6.30. The number of pyridine rings is 1. The lowest BCUT2D eigenvalue weighted by atomic mass is 10.1. The van der Waals surface area contributed by atoms with Gasteiger partial charge >= 0.3 is 0 Å². The molecule has 3 heterocycles. The summed E-state index contributed by atoms with van der Waals surface area (Å²) in [6.07, 6.45) is 3.41. The van der Waals surface area contributed by atoms with Crippen LogP contribution >= 0.6 is 11.6 Å². The molecule has 0 radical (unpaired) electrons. The fraction of sp³-hybridized carbons (Fsp3) is 0.222. The minimum atomic E-state index is -0.632. The zero-order chi connectivity index (χ0) is 18.3. The molecule has 2 aliphatic rings. The van der Waals surface area contributed by atoms with E-state index < -0.39 is 6.04 Å². The molecule has 0 saturated carbocycles. The summed E-state index contributed by atoms with van der Waals surface area (Å²) in [5.74, 6) is -0.809. The normalized spacial score (nSPS) is 21.5. The van der Waals surface area contributed by atoms with Crippen LogP contribution in [0, 0.1) is 0 Å². The standard InChI is InChI=1S/C18H15ClN4O3/c19-11-3-4-13-14(6-11)22-17(25)15-7-12(9-23(15)18(13)26)21-16(24)10-2-1-5-20-8-10/h1-6,8,12,15H,7,9H2,(H,21,24)(H,22,25)/t12-,15-/m1/s1. The van der Waals surface area contributed by atoms with E-state index in [0.717, 1.165) is 0 Å². The summed E-state index contributed by atoms with van der Waals surface area (Å²) in [5, 5.41) is 6.08. The number of halogens is 1. The lowest BCUT2D eigenvalue weighted by molar-refractivity contribution is -0.119. The van der Waals surface area contributed by atoms with E-state index in [2.05, 4.69) is 15.6 Å². The molecule has 8 heteroatoms. The van der Waals surface area contributed by atoms with E-state index in [1.807, 2.05) is 0 Å². The Balaban J connectivity index is 1.55. The molecule has 1 aromatic heterocycles. The summed E-state index contributed by atoms with van der Waals surface area (Å²) in [6, 6.07) is 7.18. The average molecular weight is 371 g/mol. The van der Waals surface area contributed by atoms with Crippen molar-refractivity contribution in [2.45, 2.75) is 18.5 Å². The summed E-state index contributed by atoms with van der Waals surface area (Å²) >= 11 is 5.96. The fourth-order valence-corrected chi connectivity index (χ4v) is 3.53. The van der Waals surface area contributed by atoms with E-state index in [1.54, 1.807) is 36.5 Å². The van der Waals surface area contributed by atoms with Gasteiger partial charge in [-0.1, -0.05) is 11.6 Å². The van der Waals surface area contributed by atoms with Gasteiger partial charge in [-0.3, -0.25) is 19.4 Å². The van der Waals surface area contributed by atoms with Gasteiger partial charge in [0.05, 0.1) is 16.8 Å². The van der Waals surface area contributed by atoms with Gasteiger partial charge in [0.2, 0.25) is 5.91 Å². The number of carbonyl (C=O) groups is 3. The average Bonchev–Trinajstić information content (AvgIpc) is 3.02. The molecule has 0 spiro atoms. The Morgan fingerprint density at radius 2 is 2.15 bits per heavy atom. The largest absolute Gasteiger partial charge is 0.347 e. The Morgan fingerprint density at radius 1 is 1.31 bits per heavy atom. The Hall–Kier alpha value is -2.93. The molecule has 0 aliphatic carbocycles. The van der Waals surface area contributed by atoms with Crippen molar-refractivity contribution in [2.24, 2.45) is 0 Å². The lowest BCUT2D eigenvalue weighted by Crippen LogP contribution is -2.41. The highest BCUT2D eigenvalue weighted by molar-refractivity contribution is 6.31. The number of nitrogens with zero attached hydrogens (tertiary/aromatic N) is 2. The molecule has 3 amide bonds. The van der Waals surface area contributed by atoms with Gasteiger partial charge in [-0.25, -0.2) is 0 Å². The van der Waals surface area contributed by atoms with E-state index in [-0.39, 0.29) is 30.3 Å². The summed E-state index contributed by atoms with van der Waals surface area (Å²) in [7, 11) is 0. The van der Waals surface area contributed by atoms with Crippen molar-refractivity contribution in [2.75, 3.05) is 11.9 Å². The number of hydrogen-bond donors (Lipinski definition) is 2. The number of carbonyl (C=O) groups excluding carboxylic acids is 3. The first-order valence-electron chi connectivity index (χ1n) is 8.15. The molecule has 7 nitrogen and oxygen atoms in total. The van der Waals surface area contributed by atoms with Gasteiger partial charge in [-0.2, -0.15) is 0 Å². The molecule has 0 bridgehead atoms. The Kier molecular flexibility index (Phi) is 4.08. The SMILES string of the molecule is O=C(N[C@@H]1C[C@@H]2C(=O)Nc3cc(Cl)ccc3C(=O)N2C1)c1cccnc1. The van der Waals surface area contributed by atoms with E-state index >= 15 is 0 Å². The third-order valence-electron chi connectivity index (χ3n) is 4.59. The van der Waals surface area contributed by atoms with Crippen LogP contribution in [-0.4, -0.2) is 46.2 Å². The highest BCUT2D eigenvalue weighted by atomic mass is 35.5. The van der Waals surface area contributed by atoms with Gasteiger partial charge in [-0.15, -0.1) is 0 Å². The van der Waals surface area contributed by atoms with E-state index in [9.17, 15) is 14.4 Å². The third kappa shape index (κ3) is 2.90. The molecular weight excluding hydrogens is 356 g/mol. The molecular formula is C18H15ClN4O3. The van der Waals surface area contributed by atoms with Crippen LogP contribution < -0.4 is 10.6 Å². The van der Waals surface area contributed by atoms with Crippen molar-refractivity contribution >= 4 is 35.0 Å². The first-order valence-corrected chi connectivity index (χ1v) is 8.53. The van der Waals surface area contributed by atoms with Crippen LogP contribution in [0.2, 0.25) is 5.02 Å². The minimum absolute atomic E-state index is 0.252. The van der Waals surface area contributed by atoms with Crippen LogP contribution in [0.4, 0.5) is 5.69 Å². The van der Waals surface area contributed by atoms with Crippen LogP contribution in [0.25, 0.3) is 0 Å². The zero-order valence-electron chi connectivity index (χ0n) is 13.6. The highest BCUT2D eigenvalue weighted by Crippen LogP contribution is 2.30. The fourth-order valence-electron chi connectivity index (χ4n) is 3.36. The van der Waals surface area contributed by atoms with Crippen LogP contribution in [0.1, 0.15) is 27.1 Å². The molecule has 132 valence electrons. The van der Waals surface area contributed by atoms with Crippen molar-refractivity contribution in [1.29, 1.82) is 0 Å². The molecule has 2 aromatic rings. The summed E-state index contributed by atoms with van der Waals surface area (Å²) < 4.78 is 0. The molecule has 1 fully saturated rings. The molecule has 2 N–H and O–H groups in total. The van der Waals surface area contributed by atoms with Gasteiger partial charge in [0, 0.05) is 30.0 Å². The van der Waals surface area contributed by atoms with Gasteiger partial charge in [0.15, 0.2) is 0 Å². The number of benzene rings is 1. The minimum Gasteiger partial charge on any atom is -0.347 e. The van der Waals surface area contributed by atoms with Crippen molar-refractivity contribution in [3.05, 3.63) is 58.9 Å². The maximum atomic E-state index is 12.8. The van der Waals surface area contributed by atoms with Gasteiger partial charge in [-0.05, 0) is 36.8 Å². The lowest BCUT2D eigenvalue weighted by Gasteiger charge is -2.20. The highest BCUT2D eigenvalue weighted by Gasteiger charge is 2.43. The van der Waals surface area contributed by atoms with E-state index in [4.69, 9.17) is 11.6 Å². The summed E-state index contributed by atoms with van der Waals surface area (Å²) in [5.41, 5.74) is 1.24. The van der Waals surface area contributed by atoms with Crippen LogP contribution in [0.5, 0.6) is 0 Å². The molecule has 1 aromatic carbocycles. The molecule has 4 rings (SSSR count). The molecule has 2 aliphatic heterocycles. The number of fused-ring (bicyclic) bond motifs is 2. The van der Waals surface area contributed by atoms with Crippen LogP contribution in [0.15, 0.2) is 42.7 Å². The Bertz CT molecular complexity index is 903. The van der Waals surface area contributed by atoms with E-state index in [0.29, 0.717) is 28.3 Å². The number of nitrogens with one attached hydrogen (secondary N) is 2. The predicted molar refractivity (Wildman–Crippen MR) is 95.0 cm³/mol. The smallest absolute Gasteiger partial charge is 0.256 e. The predicted octanol–water partition coefficient (Wildman–Crippen LogP) is 1.70. The molecule has 2 atom stereocenters. The Labute approximate surface area is 154 Å². The van der Waals surface area contributed by atoms with Crippen molar-refractivity contribution < 1.29 is 14.4 Å². The molecule has 26 heavy (non-hydrogen) atoms. The number of anilines is 1. The number of aromatic nitrogens is 1. The second-order valence-corrected chi connectivity index (χ2v) is 6.74.